The molecule has 0 bridgehead atoms. The number of unbranched alkanes of at least 4 members (excludes halogenated alkanes) is 1. The third-order valence-corrected chi connectivity index (χ3v) is 6.11. The van der Waals surface area contributed by atoms with Gasteiger partial charge < -0.3 is 15.1 Å². The zero-order chi connectivity index (χ0) is 26.0. The SMILES string of the molecule is CCCCn1c(N)c(N(CCC(C)C)C(=O)Cn2cnc3c(oc4ccccc43)c2=O)c(=O)[nH]c1=O. The number of carbonyl (C=O) groups is 1. The molecule has 0 saturated heterocycles. The number of rotatable bonds is 9. The van der Waals surface area contributed by atoms with Crippen LogP contribution in [0.3, 0.4) is 0 Å². The molecular formula is C25H30N6O5. The van der Waals surface area contributed by atoms with Crippen LogP contribution < -0.4 is 27.4 Å². The van der Waals surface area contributed by atoms with Gasteiger partial charge in [0, 0.05) is 18.5 Å². The van der Waals surface area contributed by atoms with Gasteiger partial charge in [-0.25, -0.2) is 9.78 Å². The third kappa shape index (κ3) is 4.68. The number of nitrogens with zero attached hydrogens (tertiary/aromatic N) is 4. The van der Waals surface area contributed by atoms with Gasteiger partial charge in [-0.1, -0.05) is 39.3 Å². The molecule has 3 N–H and O–H groups in total. The Hall–Kier alpha value is -4.15. The lowest BCUT2D eigenvalue weighted by Crippen LogP contribution is -2.44. The van der Waals surface area contributed by atoms with E-state index in [0.717, 1.165) is 11.0 Å². The Balaban J connectivity index is 1.75. The number of hydrogen-bond acceptors (Lipinski definition) is 7. The van der Waals surface area contributed by atoms with E-state index in [2.05, 4.69) is 9.97 Å². The quantitative estimate of drug-likeness (QED) is 0.363. The van der Waals surface area contributed by atoms with Gasteiger partial charge in [-0.05, 0) is 30.9 Å². The number of nitrogens with one attached hydrogen (secondary N) is 1. The summed E-state index contributed by atoms with van der Waals surface area (Å²) in [7, 11) is 0. The van der Waals surface area contributed by atoms with Crippen LogP contribution in [0.5, 0.6) is 0 Å². The number of nitrogen functional groups attached to an aromatic ring is 1. The van der Waals surface area contributed by atoms with Crippen molar-refractivity contribution in [1.82, 2.24) is 19.1 Å². The van der Waals surface area contributed by atoms with Gasteiger partial charge in [-0.3, -0.25) is 28.5 Å². The van der Waals surface area contributed by atoms with Crippen LogP contribution in [0.4, 0.5) is 11.5 Å². The molecule has 0 spiro atoms. The zero-order valence-corrected chi connectivity index (χ0v) is 20.6. The van der Waals surface area contributed by atoms with E-state index in [9.17, 15) is 19.2 Å². The maximum atomic E-state index is 13.5. The van der Waals surface area contributed by atoms with Crippen LogP contribution >= 0.6 is 0 Å². The van der Waals surface area contributed by atoms with Crippen molar-refractivity contribution in [3.8, 4) is 0 Å². The fraction of sp³-hybridized carbons (Fsp3) is 0.400. The van der Waals surface area contributed by atoms with Gasteiger partial charge in [0.15, 0.2) is 5.69 Å². The molecule has 3 heterocycles. The molecule has 0 saturated carbocycles. The predicted octanol–water partition coefficient (Wildman–Crippen LogP) is 2.45. The smallest absolute Gasteiger partial charge is 0.330 e. The summed E-state index contributed by atoms with van der Waals surface area (Å²) in [4.78, 5) is 59.7. The monoisotopic (exact) mass is 494 g/mol. The standard InChI is InChI=1S/C25H30N6O5/c1-4-5-11-31-22(26)20(23(33)28-25(31)35)30(12-10-15(2)3)18(32)13-29-14-27-19-16-8-6-7-9-17(16)36-21(19)24(29)34/h6-9,14-15H,4-5,10-13,26H2,1-3H3,(H,28,33,35). The van der Waals surface area contributed by atoms with Crippen LogP contribution in [0, 0.1) is 5.92 Å². The highest BCUT2D eigenvalue weighted by molar-refractivity contribution is 6.02. The molecule has 1 amide bonds. The minimum Gasteiger partial charge on any atom is -0.448 e. The summed E-state index contributed by atoms with van der Waals surface area (Å²) in [6.07, 6.45) is 3.36. The van der Waals surface area contributed by atoms with Crippen LogP contribution in [0.2, 0.25) is 0 Å². The second-order valence-corrected chi connectivity index (χ2v) is 9.18. The van der Waals surface area contributed by atoms with Gasteiger partial charge in [0.05, 0.1) is 6.33 Å². The first-order valence-corrected chi connectivity index (χ1v) is 12.0. The first kappa shape index (κ1) is 25.0. The van der Waals surface area contributed by atoms with E-state index >= 15 is 0 Å². The lowest BCUT2D eigenvalue weighted by molar-refractivity contribution is -0.119. The number of nitrogens with two attached hydrogens (primary N) is 1. The number of aromatic amines is 1. The van der Waals surface area contributed by atoms with Crippen molar-refractivity contribution in [3.05, 3.63) is 61.8 Å². The van der Waals surface area contributed by atoms with E-state index in [1.54, 1.807) is 18.2 Å². The first-order valence-electron chi connectivity index (χ1n) is 12.0. The molecular weight excluding hydrogens is 464 g/mol. The van der Waals surface area contributed by atoms with Crippen molar-refractivity contribution in [3.63, 3.8) is 0 Å². The molecule has 0 aliphatic heterocycles. The second-order valence-electron chi connectivity index (χ2n) is 9.18. The molecule has 3 aromatic heterocycles. The number of carbonyl (C=O) groups excluding carboxylic acids is 1. The van der Waals surface area contributed by atoms with Crippen LogP contribution in [0.1, 0.15) is 40.0 Å². The maximum Gasteiger partial charge on any atom is 0.330 e. The van der Waals surface area contributed by atoms with E-state index in [1.165, 1.54) is 15.8 Å². The van der Waals surface area contributed by atoms with Crippen molar-refractivity contribution < 1.29 is 9.21 Å². The maximum absolute atomic E-state index is 13.5. The van der Waals surface area contributed by atoms with Crippen molar-refractivity contribution in [2.75, 3.05) is 17.2 Å². The summed E-state index contributed by atoms with van der Waals surface area (Å²) >= 11 is 0. The molecule has 11 heteroatoms. The van der Waals surface area contributed by atoms with Crippen molar-refractivity contribution >= 4 is 39.5 Å². The fourth-order valence-corrected chi connectivity index (χ4v) is 4.08. The summed E-state index contributed by atoms with van der Waals surface area (Å²) in [6, 6.07) is 7.16. The first-order chi connectivity index (χ1) is 17.2. The summed E-state index contributed by atoms with van der Waals surface area (Å²) in [5.74, 6) is -0.386. The minimum absolute atomic E-state index is 0.0470. The number of hydrogen-bond donors (Lipinski definition) is 2. The molecule has 0 unspecified atom stereocenters. The summed E-state index contributed by atoms with van der Waals surface area (Å²) in [5, 5.41) is 0.704. The highest BCUT2D eigenvalue weighted by Gasteiger charge is 2.25. The Morgan fingerprint density at radius 2 is 1.97 bits per heavy atom. The molecule has 0 atom stereocenters. The van der Waals surface area contributed by atoms with Crippen LogP contribution in [-0.2, 0) is 17.9 Å². The van der Waals surface area contributed by atoms with Crippen molar-refractivity contribution in [2.24, 2.45) is 5.92 Å². The number of amides is 1. The Morgan fingerprint density at radius 3 is 2.69 bits per heavy atom. The van der Waals surface area contributed by atoms with Crippen LogP contribution in [-0.4, -0.2) is 31.6 Å². The molecule has 0 aliphatic carbocycles. The largest absolute Gasteiger partial charge is 0.448 e. The van der Waals surface area contributed by atoms with Crippen molar-refractivity contribution in [1.29, 1.82) is 0 Å². The molecule has 190 valence electrons. The number of furan rings is 1. The number of para-hydroxylation sites is 1. The zero-order valence-electron chi connectivity index (χ0n) is 20.6. The normalized spacial score (nSPS) is 11.6. The van der Waals surface area contributed by atoms with Crippen molar-refractivity contribution in [2.45, 2.75) is 53.1 Å². The summed E-state index contributed by atoms with van der Waals surface area (Å²) < 4.78 is 8.11. The minimum atomic E-state index is -0.749. The molecule has 4 rings (SSSR count). The van der Waals surface area contributed by atoms with Gasteiger partial charge in [0.2, 0.25) is 11.5 Å². The van der Waals surface area contributed by atoms with Crippen LogP contribution in [0.15, 0.2) is 49.4 Å². The number of benzene rings is 1. The second kappa shape index (κ2) is 10.2. The fourth-order valence-electron chi connectivity index (χ4n) is 4.08. The van der Waals surface area contributed by atoms with Gasteiger partial charge in [0.25, 0.3) is 11.1 Å². The summed E-state index contributed by atoms with van der Waals surface area (Å²) in [5.41, 5.74) is 5.27. The molecule has 4 aromatic rings. The highest BCUT2D eigenvalue weighted by Crippen LogP contribution is 2.24. The van der Waals surface area contributed by atoms with Gasteiger partial charge in [0.1, 0.15) is 23.5 Å². The lowest BCUT2D eigenvalue weighted by Gasteiger charge is -2.25. The Morgan fingerprint density at radius 1 is 1.22 bits per heavy atom. The van der Waals surface area contributed by atoms with Crippen LogP contribution in [0.25, 0.3) is 22.1 Å². The lowest BCUT2D eigenvalue weighted by atomic mass is 10.1. The summed E-state index contributed by atoms with van der Waals surface area (Å²) in [6.45, 7) is 6.06. The van der Waals surface area contributed by atoms with E-state index < -0.39 is 22.7 Å². The third-order valence-electron chi connectivity index (χ3n) is 6.11. The molecule has 11 nitrogen and oxygen atoms in total. The Bertz CT molecular complexity index is 1590. The van der Waals surface area contributed by atoms with Gasteiger partial charge >= 0.3 is 5.69 Å². The van der Waals surface area contributed by atoms with E-state index in [0.29, 0.717) is 35.9 Å². The Kier molecular flexibility index (Phi) is 7.09. The Labute approximate surface area is 206 Å². The van der Waals surface area contributed by atoms with Gasteiger partial charge in [-0.15, -0.1) is 0 Å². The molecule has 0 aliphatic rings. The average molecular weight is 495 g/mol. The van der Waals surface area contributed by atoms with E-state index in [-0.39, 0.29) is 36.1 Å². The predicted molar refractivity (Wildman–Crippen MR) is 138 cm³/mol. The molecule has 36 heavy (non-hydrogen) atoms. The molecule has 1 aromatic carbocycles. The molecule has 0 radical (unpaired) electrons. The number of aromatic nitrogens is 4. The van der Waals surface area contributed by atoms with E-state index in [4.69, 9.17) is 10.2 Å². The molecule has 0 fully saturated rings. The highest BCUT2D eigenvalue weighted by atomic mass is 16.3. The van der Waals surface area contributed by atoms with Gasteiger partial charge in [-0.2, -0.15) is 0 Å². The average Bonchev–Trinajstić information content (AvgIpc) is 3.22. The number of fused-ring (bicyclic) bond motifs is 3. The number of H-pyrrole nitrogens is 1. The topological polar surface area (TPSA) is 149 Å². The van der Waals surface area contributed by atoms with E-state index in [1.807, 2.05) is 26.8 Å². The number of anilines is 2.